The molecule has 0 aliphatic rings. The predicted molar refractivity (Wildman–Crippen MR) is 54.3 cm³/mol. The van der Waals surface area contributed by atoms with Crippen LogP contribution in [0.15, 0.2) is 34.9 Å². The van der Waals surface area contributed by atoms with E-state index in [1.165, 1.54) is 0 Å². The minimum absolute atomic E-state index is 0.431. The molecule has 0 spiro atoms. The van der Waals surface area contributed by atoms with E-state index in [9.17, 15) is 0 Å². The van der Waals surface area contributed by atoms with E-state index in [-0.39, 0.29) is 0 Å². The van der Waals surface area contributed by atoms with Crippen LogP contribution in [0.3, 0.4) is 0 Å². The van der Waals surface area contributed by atoms with Crippen molar-refractivity contribution >= 4 is 23.8 Å². The Morgan fingerprint density at radius 2 is 1.92 bits per heavy atom. The van der Waals surface area contributed by atoms with E-state index in [0.29, 0.717) is 15.4 Å². The highest BCUT2D eigenvalue weighted by molar-refractivity contribution is 7.71. The van der Waals surface area contributed by atoms with Gasteiger partial charge in [-0.2, -0.15) is 0 Å². The second-order valence-corrected chi connectivity index (χ2v) is 3.33. The van der Waals surface area contributed by atoms with Gasteiger partial charge in [0.05, 0.1) is 0 Å². The number of aromatic nitrogens is 1. The smallest absolute Gasteiger partial charge is 0.183 e. The molecule has 0 fully saturated rings. The van der Waals surface area contributed by atoms with Gasteiger partial charge in [-0.05, 0) is 0 Å². The molecule has 4 heteroatoms. The maximum Gasteiger partial charge on any atom is 0.183 e. The molecule has 2 aromatic rings. The number of halogens is 1. The molecule has 0 bridgehead atoms. The summed E-state index contributed by atoms with van der Waals surface area (Å²) >= 11 is 10.8. The maximum atomic E-state index is 5.91. The Bertz CT molecular complexity index is 460. The van der Waals surface area contributed by atoms with Crippen LogP contribution in [0.5, 0.6) is 0 Å². The molecule has 0 saturated carbocycles. The number of rotatable bonds is 1. The molecule has 1 heterocycles. The van der Waals surface area contributed by atoms with Crippen molar-refractivity contribution in [2.75, 3.05) is 0 Å². The molecule has 0 radical (unpaired) electrons. The van der Waals surface area contributed by atoms with Crippen LogP contribution in [-0.4, -0.2) is 5.16 Å². The lowest BCUT2D eigenvalue weighted by molar-refractivity contribution is 0.429. The fourth-order valence-electron chi connectivity index (χ4n) is 1.07. The lowest BCUT2D eigenvalue weighted by Gasteiger charge is -1.93. The molecule has 0 aliphatic carbocycles. The highest BCUT2D eigenvalue weighted by Gasteiger charge is 2.08. The summed E-state index contributed by atoms with van der Waals surface area (Å²) in [6, 6.07) is 9.58. The van der Waals surface area contributed by atoms with Crippen molar-refractivity contribution in [2.24, 2.45) is 0 Å². The van der Waals surface area contributed by atoms with Crippen molar-refractivity contribution in [3.63, 3.8) is 0 Å². The van der Waals surface area contributed by atoms with E-state index >= 15 is 0 Å². The Morgan fingerprint density at radius 3 is 2.46 bits per heavy atom. The van der Waals surface area contributed by atoms with E-state index in [0.717, 1.165) is 5.56 Å². The van der Waals surface area contributed by atoms with Crippen molar-refractivity contribution in [3.8, 4) is 11.3 Å². The first-order valence-corrected chi connectivity index (χ1v) is 4.50. The van der Waals surface area contributed by atoms with Gasteiger partial charge in [0, 0.05) is 5.56 Å². The Labute approximate surface area is 85.1 Å². The number of H-pyrrole nitrogens is 1. The van der Waals surface area contributed by atoms with Gasteiger partial charge in [0.2, 0.25) is 0 Å². The number of aromatic amines is 1. The lowest BCUT2D eigenvalue weighted by Crippen LogP contribution is -1.72. The van der Waals surface area contributed by atoms with Gasteiger partial charge in [0.1, 0.15) is 5.02 Å². The normalized spacial score (nSPS) is 10.2. The summed E-state index contributed by atoms with van der Waals surface area (Å²) in [6.07, 6.45) is 0. The first-order valence-electron chi connectivity index (χ1n) is 3.71. The fourth-order valence-corrected chi connectivity index (χ4v) is 1.39. The van der Waals surface area contributed by atoms with E-state index < -0.39 is 0 Å². The van der Waals surface area contributed by atoms with Crippen LogP contribution in [0.25, 0.3) is 11.3 Å². The standard InChI is InChI=1S/C9H6ClNOS/c10-7-8(12-11-9(7)13)6-4-2-1-3-5-6/h1-5H,(H,11,13). The summed E-state index contributed by atoms with van der Waals surface area (Å²) in [6.45, 7) is 0. The zero-order chi connectivity index (χ0) is 9.26. The molecule has 66 valence electrons. The largest absolute Gasteiger partial charge is 0.379 e. The molecular weight excluding hydrogens is 206 g/mol. The number of hydrogen-bond donors (Lipinski definition) is 1. The molecule has 13 heavy (non-hydrogen) atoms. The van der Waals surface area contributed by atoms with Gasteiger partial charge in [-0.25, -0.2) is 5.16 Å². The van der Waals surface area contributed by atoms with Crippen molar-refractivity contribution in [1.82, 2.24) is 5.16 Å². The summed E-state index contributed by atoms with van der Waals surface area (Å²) in [4.78, 5) is 0. The predicted octanol–water partition coefficient (Wildman–Crippen LogP) is 3.66. The third-order valence-electron chi connectivity index (χ3n) is 1.68. The molecule has 0 amide bonds. The van der Waals surface area contributed by atoms with Crippen LogP contribution >= 0.6 is 23.8 Å². The van der Waals surface area contributed by atoms with E-state index in [1.807, 2.05) is 30.3 Å². The maximum absolute atomic E-state index is 5.91. The molecule has 0 atom stereocenters. The number of nitrogens with one attached hydrogen (secondary N) is 1. The Hall–Kier alpha value is -1.06. The topological polar surface area (TPSA) is 28.9 Å². The third-order valence-corrected chi connectivity index (χ3v) is 2.44. The molecular formula is C9H6ClNOS. The fraction of sp³-hybridized carbons (Fsp3) is 0. The average Bonchev–Trinajstić information content (AvgIpc) is 2.49. The lowest BCUT2D eigenvalue weighted by atomic mass is 10.2. The molecule has 1 aromatic heterocycles. The first-order chi connectivity index (χ1) is 6.29. The van der Waals surface area contributed by atoms with Gasteiger partial charge in [0.25, 0.3) is 0 Å². The van der Waals surface area contributed by atoms with Crippen molar-refractivity contribution in [1.29, 1.82) is 0 Å². The number of hydrogen-bond acceptors (Lipinski definition) is 2. The molecule has 2 nitrogen and oxygen atoms in total. The highest BCUT2D eigenvalue weighted by atomic mass is 35.5. The summed E-state index contributed by atoms with van der Waals surface area (Å²) in [5, 5.41) is 3.00. The molecule has 0 saturated heterocycles. The molecule has 1 N–H and O–H groups in total. The van der Waals surface area contributed by atoms with Crippen molar-refractivity contribution in [3.05, 3.63) is 40.0 Å². The quantitative estimate of drug-likeness (QED) is 0.730. The highest BCUT2D eigenvalue weighted by Crippen LogP contribution is 2.27. The SMILES string of the molecule is S=c1[nH]oc(-c2ccccc2)c1Cl. The van der Waals surface area contributed by atoms with Gasteiger partial charge >= 0.3 is 0 Å². The van der Waals surface area contributed by atoms with Crippen LogP contribution in [-0.2, 0) is 0 Å². The van der Waals surface area contributed by atoms with Gasteiger partial charge in [-0.3, -0.25) is 0 Å². The van der Waals surface area contributed by atoms with Crippen molar-refractivity contribution < 1.29 is 4.52 Å². The van der Waals surface area contributed by atoms with Gasteiger partial charge in [-0.1, -0.05) is 54.2 Å². The summed E-state index contributed by atoms with van der Waals surface area (Å²) in [5.41, 5.74) is 0.917. The minimum atomic E-state index is 0.431. The second kappa shape index (κ2) is 3.36. The zero-order valence-corrected chi connectivity index (χ0v) is 8.15. The molecule has 0 aliphatic heterocycles. The van der Waals surface area contributed by atoms with Crippen LogP contribution in [0.1, 0.15) is 0 Å². The molecule has 2 rings (SSSR count). The van der Waals surface area contributed by atoms with E-state index in [2.05, 4.69) is 5.16 Å². The second-order valence-electron chi connectivity index (χ2n) is 2.54. The van der Waals surface area contributed by atoms with Gasteiger partial charge in [-0.15, -0.1) is 0 Å². The third kappa shape index (κ3) is 1.53. The average molecular weight is 212 g/mol. The zero-order valence-electron chi connectivity index (χ0n) is 6.58. The molecule has 1 aromatic carbocycles. The van der Waals surface area contributed by atoms with Crippen LogP contribution in [0.4, 0.5) is 0 Å². The summed E-state index contributed by atoms with van der Waals surface area (Å²) in [5.74, 6) is 0.590. The Balaban J connectivity index is 2.60. The minimum Gasteiger partial charge on any atom is -0.379 e. The summed E-state index contributed by atoms with van der Waals surface area (Å²) in [7, 11) is 0. The summed E-state index contributed by atoms with van der Waals surface area (Å²) < 4.78 is 5.55. The monoisotopic (exact) mass is 211 g/mol. The van der Waals surface area contributed by atoms with Crippen LogP contribution < -0.4 is 0 Å². The first kappa shape index (κ1) is 8.53. The number of benzene rings is 1. The van der Waals surface area contributed by atoms with Crippen molar-refractivity contribution in [2.45, 2.75) is 0 Å². The Kier molecular flexibility index (Phi) is 2.20. The van der Waals surface area contributed by atoms with Gasteiger partial charge in [0.15, 0.2) is 10.4 Å². The Morgan fingerprint density at radius 1 is 1.23 bits per heavy atom. The van der Waals surface area contributed by atoms with Crippen LogP contribution in [0, 0.1) is 4.64 Å². The van der Waals surface area contributed by atoms with Crippen LogP contribution in [0.2, 0.25) is 5.02 Å². The molecule has 0 unspecified atom stereocenters. The van der Waals surface area contributed by atoms with Gasteiger partial charge < -0.3 is 4.52 Å². The van der Waals surface area contributed by atoms with E-state index in [1.54, 1.807) is 0 Å². The van der Waals surface area contributed by atoms with E-state index in [4.69, 9.17) is 28.3 Å².